The number of carbonyl (C=O) groups excluding carboxylic acids is 1. The molecule has 0 saturated carbocycles. The number of piperidine rings is 1. The number of rotatable bonds is 2. The van der Waals surface area contributed by atoms with Crippen molar-refractivity contribution < 1.29 is 9.90 Å². The van der Waals surface area contributed by atoms with Crippen molar-refractivity contribution in [3.8, 4) is 5.75 Å². The van der Waals surface area contributed by atoms with Gasteiger partial charge in [-0.05, 0) is 43.9 Å². The molecule has 1 aliphatic heterocycles. The highest BCUT2D eigenvalue weighted by Gasteiger charge is 2.29. The minimum absolute atomic E-state index is 0.0542. The van der Waals surface area contributed by atoms with Crippen molar-refractivity contribution in [2.75, 3.05) is 19.6 Å². The van der Waals surface area contributed by atoms with Gasteiger partial charge in [-0.2, -0.15) is 0 Å². The van der Waals surface area contributed by atoms with E-state index >= 15 is 0 Å². The van der Waals surface area contributed by atoms with Gasteiger partial charge in [0.05, 0.1) is 5.56 Å². The number of amides is 1. The van der Waals surface area contributed by atoms with Crippen LogP contribution in [0.5, 0.6) is 5.75 Å². The van der Waals surface area contributed by atoms with E-state index < -0.39 is 0 Å². The van der Waals surface area contributed by atoms with Gasteiger partial charge in [-0.3, -0.25) is 4.79 Å². The van der Waals surface area contributed by atoms with E-state index in [2.05, 4.69) is 6.92 Å². The van der Waals surface area contributed by atoms with Crippen LogP contribution in [0.2, 0.25) is 0 Å². The van der Waals surface area contributed by atoms with E-state index in [0.29, 0.717) is 30.5 Å². The van der Waals surface area contributed by atoms with Gasteiger partial charge < -0.3 is 15.7 Å². The number of nitrogens with two attached hydrogens (primary N) is 1. The summed E-state index contributed by atoms with van der Waals surface area (Å²) in [5.74, 6) is 0.870. The predicted octanol–water partition coefficient (Wildman–Crippen LogP) is 1.76. The lowest BCUT2D eigenvalue weighted by Crippen LogP contribution is -2.45. The topological polar surface area (TPSA) is 66.6 Å². The second-order valence-electron chi connectivity index (χ2n) is 5.53. The molecule has 1 aromatic rings. The molecule has 1 fully saturated rings. The van der Waals surface area contributed by atoms with Crippen LogP contribution in [0.15, 0.2) is 18.2 Å². The zero-order valence-electron chi connectivity index (χ0n) is 11.6. The van der Waals surface area contributed by atoms with Crippen LogP contribution in [0.3, 0.4) is 0 Å². The fourth-order valence-electron chi connectivity index (χ4n) is 2.63. The summed E-state index contributed by atoms with van der Waals surface area (Å²) in [4.78, 5) is 14.3. The summed E-state index contributed by atoms with van der Waals surface area (Å²) in [6, 6.07) is 5.12. The molecular weight excluding hydrogens is 240 g/mol. The summed E-state index contributed by atoms with van der Waals surface area (Å²) in [6.45, 7) is 6.12. The first-order chi connectivity index (χ1) is 9.02. The molecule has 4 nitrogen and oxygen atoms in total. The summed E-state index contributed by atoms with van der Waals surface area (Å²) < 4.78 is 0. The monoisotopic (exact) mass is 262 g/mol. The smallest absolute Gasteiger partial charge is 0.257 e. The second-order valence-corrected chi connectivity index (χ2v) is 5.53. The number of hydrogen-bond acceptors (Lipinski definition) is 3. The van der Waals surface area contributed by atoms with Crippen molar-refractivity contribution in [1.82, 2.24) is 4.90 Å². The number of carbonyl (C=O) groups is 1. The first kappa shape index (κ1) is 13.9. The normalized spacial score (nSPS) is 23.4. The molecule has 2 rings (SSSR count). The van der Waals surface area contributed by atoms with Crippen molar-refractivity contribution in [1.29, 1.82) is 0 Å². The van der Waals surface area contributed by atoms with Crippen LogP contribution in [0.25, 0.3) is 0 Å². The Morgan fingerprint density at radius 3 is 2.95 bits per heavy atom. The quantitative estimate of drug-likeness (QED) is 0.853. The lowest BCUT2D eigenvalue weighted by Gasteiger charge is -2.36. The molecule has 1 aliphatic rings. The highest BCUT2D eigenvalue weighted by molar-refractivity contribution is 5.97. The number of phenols is 1. The minimum Gasteiger partial charge on any atom is -0.507 e. The van der Waals surface area contributed by atoms with Gasteiger partial charge >= 0.3 is 0 Å². The molecule has 0 aliphatic carbocycles. The Kier molecular flexibility index (Phi) is 4.10. The molecule has 2 atom stereocenters. The Bertz CT molecular complexity index is 473. The fourth-order valence-corrected chi connectivity index (χ4v) is 2.63. The molecule has 0 radical (unpaired) electrons. The zero-order valence-corrected chi connectivity index (χ0v) is 11.6. The van der Waals surface area contributed by atoms with Crippen LogP contribution in [0.4, 0.5) is 0 Å². The number of aryl methyl sites for hydroxylation is 1. The van der Waals surface area contributed by atoms with Gasteiger partial charge in [0.2, 0.25) is 0 Å². The number of likely N-dealkylation sites (tertiary alicyclic amines) is 1. The van der Waals surface area contributed by atoms with E-state index in [-0.39, 0.29) is 11.7 Å². The van der Waals surface area contributed by atoms with E-state index in [1.54, 1.807) is 18.2 Å². The van der Waals surface area contributed by atoms with Crippen molar-refractivity contribution in [3.05, 3.63) is 29.3 Å². The van der Waals surface area contributed by atoms with Gasteiger partial charge in [-0.15, -0.1) is 0 Å². The SMILES string of the molecule is Cc1ccc(O)c(C(=O)N2CCC(C)C(CN)C2)c1. The zero-order chi connectivity index (χ0) is 14.0. The molecule has 19 heavy (non-hydrogen) atoms. The molecule has 1 amide bonds. The van der Waals surface area contributed by atoms with E-state index in [4.69, 9.17) is 5.73 Å². The van der Waals surface area contributed by atoms with Crippen molar-refractivity contribution >= 4 is 5.91 Å². The molecule has 3 N–H and O–H groups in total. The van der Waals surface area contributed by atoms with Crippen molar-refractivity contribution in [2.45, 2.75) is 20.3 Å². The van der Waals surface area contributed by atoms with E-state index in [1.807, 2.05) is 11.8 Å². The summed E-state index contributed by atoms with van der Waals surface area (Å²) in [6.07, 6.45) is 0.972. The average molecular weight is 262 g/mol. The summed E-state index contributed by atoms with van der Waals surface area (Å²) in [5, 5.41) is 9.84. The summed E-state index contributed by atoms with van der Waals surface area (Å²) in [5.41, 5.74) is 7.13. The highest BCUT2D eigenvalue weighted by Crippen LogP contribution is 2.26. The third kappa shape index (κ3) is 2.89. The van der Waals surface area contributed by atoms with Crippen LogP contribution in [-0.4, -0.2) is 35.5 Å². The van der Waals surface area contributed by atoms with Gasteiger partial charge in [0, 0.05) is 13.1 Å². The lowest BCUT2D eigenvalue weighted by molar-refractivity contribution is 0.0615. The van der Waals surface area contributed by atoms with Crippen molar-refractivity contribution in [2.24, 2.45) is 17.6 Å². The minimum atomic E-state index is -0.0912. The van der Waals surface area contributed by atoms with Crippen LogP contribution in [0.1, 0.15) is 29.3 Å². The Morgan fingerprint density at radius 1 is 1.53 bits per heavy atom. The summed E-state index contributed by atoms with van der Waals surface area (Å²) >= 11 is 0. The van der Waals surface area contributed by atoms with Crippen LogP contribution >= 0.6 is 0 Å². The Hall–Kier alpha value is -1.55. The first-order valence-electron chi connectivity index (χ1n) is 6.82. The first-order valence-corrected chi connectivity index (χ1v) is 6.82. The maximum atomic E-state index is 12.5. The highest BCUT2D eigenvalue weighted by atomic mass is 16.3. The molecule has 0 spiro atoms. The molecule has 1 aromatic carbocycles. The number of benzene rings is 1. The second kappa shape index (κ2) is 5.61. The molecule has 2 unspecified atom stereocenters. The van der Waals surface area contributed by atoms with E-state index in [1.165, 1.54) is 0 Å². The van der Waals surface area contributed by atoms with Gasteiger partial charge in [-0.1, -0.05) is 18.6 Å². The molecule has 0 bridgehead atoms. The van der Waals surface area contributed by atoms with Gasteiger partial charge in [0.1, 0.15) is 5.75 Å². The number of phenolic OH excluding ortho intramolecular Hbond substituents is 1. The largest absolute Gasteiger partial charge is 0.507 e. The maximum absolute atomic E-state index is 12.5. The molecule has 4 heteroatoms. The third-order valence-corrected chi connectivity index (χ3v) is 4.09. The molecule has 104 valence electrons. The van der Waals surface area contributed by atoms with Crippen molar-refractivity contribution in [3.63, 3.8) is 0 Å². The van der Waals surface area contributed by atoms with Gasteiger partial charge in [-0.25, -0.2) is 0 Å². The van der Waals surface area contributed by atoms with E-state index in [0.717, 1.165) is 18.5 Å². The maximum Gasteiger partial charge on any atom is 0.257 e. The number of hydrogen-bond donors (Lipinski definition) is 2. The standard InChI is InChI=1S/C15H22N2O2/c1-10-3-4-14(18)13(7-10)15(19)17-6-5-11(2)12(8-16)9-17/h3-4,7,11-12,18H,5-6,8-9,16H2,1-2H3. The van der Waals surface area contributed by atoms with Crippen LogP contribution < -0.4 is 5.73 Å². The third-order valence-electron chi connectivity index (χ3n) is 4.09. The van der Waals surface area contributed by atoms with E-state index in [9.17, 15) is 9.90 Å². The molecular formula is C15H22N2O2. The molecule has 0 aromatic heterocycles. The average Bonchev–Trinajstić information content (AvgIpc) is 2.41. The Morgan fingerprint density at radius 2 is 2.26 bits per heavy atom. The molecule has 1 saturated heterocycles. The van der Waals surface area contributed by atoms with Crippen LogP contribution in [0, 0.1) is 18.8 Å². The number of nitrogens with zero attached hydrogens (tertiary/aromatic N) is 1. The van der Waals surface area contributed by atoms with Gasteiger partial charge in [0.15, 0.2) is 0 Å². The Labute approximate surface area is 114 Å². The van der Waals surface area contributed by atoms with Crippen LogP contribution in [-0.2, 0) is 0 Å². The molecule has 1 heterocycles. The number of aromatic hydroxyl groups is 1. The van der Waals surface area contributed by atoms with Gasteiger partial charge in [0.25, 0.3) is 5.91 Å². The predicted molar refractivity (Wildman–Crippen MR) is 75.1 cm³/mol. The Balaban J connectivity index is 2.18. The lowest BCUT2D eigenvalue weighted by atomic mass is 9.87. The summed E-state index contributed by atoms with van der Waals surface area (Å²) in [7, 11) is 0. The fraction of sp³-hybridized carbons (Fsp3) is 0.533.